The van der Waals surface area contributed by atoms with Crippen molar-refractivity contribution < 1.29 is 13.2 Å². The molecule has 0 saturated carbocycles. The number of hydrogen-bond donors (Lipinski definition) is 2. The van der Waals surface area contributed by atoms with Crippen LogP contribution in [0.1, 0.15) is 29.8 Å². The highest BCUT2D eigenvalue weighted by Crippen LogP contribution is 2.31. The summed E-state index contributed by atoms with van der Waals surface area (Å²) < 4.78 is 39.9. The highest BCUT2D eigenvalue weighted by Gasteiger charge is 2.31. The van der Waals surface area contributed by atoms with Gasteiger partial charge in [0.15, 0.2) is 0 Å². The van der Waals surface area contributed by atoms with Crippen LogP contribution in [-0.2, 0) is 12.7 Å². The lowest BCUT2D eigenvalue weighted by Crippen LogP contribution is -2.31. The van der Waals surface area contributed by atoms with Gasteiger partial charge < -0.3 is 0 Å². The lowest BCUT2D eigenvalue weighted by molar-refractivity contribution is -0.137. The average Bonchev–Trinajstić information content (AvgIpc) is 2.87. The maximum Gasteiger partial charge on any atom is 0.416 e. The molecule has 0 spiro atoms. The molecule has 7 heteroatoms. The number of alkyl halides is 3. The monoisotopic (exact) mass is 284 g/mol. The third kappa shape index (κ3) is 2.83. The number of nitrogens with zero attached hydrogens (tertiary/aromatic N) is 2. The van der Waals surface area contributed by atoms with E-state index in [4.69, 9.17) is 5.84 Å². The fraction of sp³-hybridized carbons (Fsp3) is 0.308. The van der Waals surface area contributed by atoms with Gasteiger partial charge in [0.2, 0.25) is 0 Å². The summed E-state index contributed by atoms with van der Waals surface area (Å²) in [5.41, 5.74) is 3.01. The maximum absolute atomic E-state index is 12.8. The van der Waals surface area contributed by atoms with Gasteiger partial charge in [-0.3, -0.25) is 10.5 Å². The van der Waals surface area contributed by atoms with Crippen LogP contribution in [0, 0.1) is 0 Å². The SMILES string of the molecule is CCn1nccc1C(NN)c1cccc(C(F)(F)F)c1. The van der Waals surface area contributed by atoms with Crippen molar-refractivity contribution in [1.29, 1.82) is 0 Å². The van der Waals surface area contributed by atoms with Crippen LogP contribution >= 0.6 is 0 Å². The Kier molecular flexibility index (Phi) is 4.10. The van der Waals surface area contributed by atoms with E-state index in [-0.39, 0.29) is 0 Å². The summed E-state index contributed by atoms with van der Waals surface area (Å²) in [4.78, 5) is 0. The highest BCUT2D eigenvalue weighted by atomic mass is 19.4. The molecule has 0 amide bonds. The molecule has 1 atom stereocenters. The molecule has 1 aromatic carbocycles. The molecule has 20 heavy (non-hydrogen) atoms. The van der Waals surface area contributed by atoms with E-state index in [9.17, 15) is 13.2 Å². The summed E-state index contributed by atoms with van der Waals surface area (Å²) in [6, 6.07) is 6.29. The van der Waals surface area contributed by atoms with Gasteiger partial charge in [0.1, 0.15) is 0 Å². The molecule has 1 aromatic heterocycles. The highest BCUT2D eigenvalue weighted by molar-refractivity contribution is 5.32. The van der Waals surface area contributed by atoms with Gasteiger partial charge in [-0.15, -0.1) is 0 Å². The summed E-state index contributed by atoms with van der Waals surface area (Å²) >= 11 is 0. The number of hydrazine groups is 1. The topological polar surface area (TPSA) is 55.9 Å². The summed E-state index contributed by atoms with van der Waals surface area (Å²) in [6.07, 6.45) is -2.78. The Balaban J connectivity index is 2.43. The van der Waals surface area contributed by atoms with Crippen LogP contribution in [0.4, 0.5) is 13.2 Å². The average molecular weight is 284 g/mol. The second kappa shape index (κ2) is 5.64. The molecule has 1 heterocycles. The van der Waals surface area contributed by atoms with E-state index in [1.54, 1.807) is 23.0 Å². The van der Waals surface area contributed by atoms with E-state index in [2.05, 4.69) is 10.5 Å². The fourth-order valence-electron chi connectivity index (χ4n) is 2.10. The van der Waals surface area contributed by atoms with Crippen molar-refractivity contribution >= 4 is 0 Å². The van der Waals surface area contributed by atoms with Crippen LogP contribution in [0.3, 0.4) is 0 Å². The van der Waals surface area contributed by atoms with E-state index in [1.807, 2.05) is 6.92 Å². The molecule has 0 saturated heterocycles. The van der Waals surface area contributed by atoms with Gasteiger partial charge in [0.05, 0.1) is 17.3 Å². The Labute approximate surface area is 114 Å². The molecule has 1 unspecified atom stereocenters. The number of aryl methyl sites for hydroxylation is 1. The molecule has 2 rings (SSSR count). The standard InChI is InChI=1S/C13H15F3N4/c1-2-20-11(6-7-18-20)12(19-17)9-4-3-5-10(8-9)13(14,15)16/h3-8,12,19H,2,17H2,1H3. The van der Waals surface area contributed by atoms with Gasteiger partial charge in [-0.05, 0) is 30.7 Å². The maximum atomic E-state index is 12.8. The van der Waals surface area contributed by atoms with Crippen molar-refractivity contribution in [3.63, 3.8) is 0 Å². The molecule has 0 aliphatic carbocycles. The molecule has 2 aromatic rings. The van der Waals surface area contributed by atoms with Gasteiger partial charge in [0.25, 0.3) is 0 Å². The Morgan fingerprint density at radius 1 is 1.35 bits per heavy atom. The van der Waals surface area contributed by atoms with E-state index >= 15 is 0 Å². The third-order valence-electron chi connectivity index (χ3n) is 3.06. The zero-order valence-electron chi connectivity index (χ0n) is 10.9. The molecule has 0 aliphatic heterocycles. The van der Waals surface area contributed by atoms with Crippen molar-refractivity contribution in [3.8, 4) is 0 Å². The predicted octanol–water partition coefficient (Wildman–Crippen LogP) is 2.47. The molecule has 0 bridgehead atoms. The molecule has 0 aliphatic rings. The molecular formula is C13H15F3N4. The first-order chi connectivity index (χ1) is 9.47. The predicted molar refractivity (Wildman–Crippen MR) is 68.5 cm³/mol. The van der Waals surface area contributed by atoms with Crippen molar-refractivity contribution in [3.05, 3.63) is 53.3 Å². The smallest absolute Gasteiger partial charge is 0.271 e. The number of benzene rings is 1. The molecule has 0 radical (unpaired) electrons. The van der Waals surface area contributed by atoms with Crippen LogP contribution in [-0.4, -0.2) is 9.78 Å². The minimum absolute atomic E-state index is 0.442. The Morgan fingerprint density at radius 2 is 2.10 bits per heavy atom. The van der Waals surface area contributed by atoms with E-state index in [1.165, 1.54) is 6.07 Å². The first-order valence-corrected chi connectivity index (χ1v) is 6.12. The Morgan fingerprint density at radius 3 is 2.70 bits per heavy atom. The van der Waals surface area contributed by atoms with Crippen molar-refractivity contribution in [2.24, 2.45) is 5.84 Å². The quantitative estimate of drug-likeness (QED) is 0.670. The molecule has 0 fully saturated rings. The van der Waals surface area contributed by atoms with E-state index in [0.717, 1.165) is 12.1 Å². The van der Waals surface area contributed by atoms with Crippen LogP contribution in [0.25, 0.3) is 0 Å². The molecule has 108 valence electrons. The van der Waals surface area contributed by atoms with Crippen LogP contribution in [0.2, 0.25) is 0 Å². The van der Waals surface area contributed by atoms with Crippen molar-refractivity contribution in [2.45, 2.75) is 25.7 Å². The summed E-state index contributed by atoms with van der Waals surface area (Å²) in [5.74, 6) is 5.51. The van der Waals surface area contributed by atoms with Crippen LogP contribution in [0.15, 0.2) is 36.5 Å². The minimum Gasteiger partial charge on any atom is -0.271 e. The molecule has 3 N–H and O–H groups in total. The van der Waals surface area contributed by atoms with Crippen LogP contribution < -0.4 is 11.3 Å². The van der Waals surface area contributed by atoms with E-state index < -0.39 is 17.8 Å². The summed E-state index contributed by atoms with van der Waals surface area (Å²) in [5, 5.41) is 4.10. The second-order valence-corrected chi connectivity index (χ2v) is 4.29. The number of halogens is 3. The number of aromatic nitrogens is 2. The number of rotatable bonds is 4. The zero-order chi connectivity index (χ0) is 14.8. The molecule has 4 nitrogen and oxygen atoms in total. The summed E-state index contributed by atoms with van der Waals surface area (Å²) in [7, 11) is 0. The van der Waals surface area contributed by atoms with Gasteiger partial charge in [-0.1, -0.05) is 12.1 Å². The van der Waals surface area contributed by atoms with Crippen molar-refractivity contribution in [2.75, 3.05) is 0 Å². The lowest BCUT2D eigenvalue weighted by Gasteiger charge is -2.19. The van der Waals surface area contributed by atoms with Gasteiger partial charge >= 0.3 is 6.18 Å². The van der Waals surface area contributed by atoms with Crippen molar-refractivity contribution in [1.82, 2.24) is 15.2 Å². The van der Waals surface area contributed by atoms with E-state index in [0.29, 0.717) is 17.8 Å². The normalized spacial score (nSPS) is 13.4. The number of nitrogens with one attached hydrogen (secondary N) is 1. The Hall–Kier alpha value is -1.86. The van der Waals surface area contributed by atoms with Crippen LogP contribution in [0.5, 0.6) is 0 Å². The van der Waals surface area contributed by atoms with Gasteiger partial charge in [-0.25, -0.2) is 5.43 Å². The molecular weight excluding hydrogens is 269 g/mol. The lowest BCUT2D eigenvalue weighted by atomic mass is 10.0. The first-order valence-electron chi connectivity index (χ1n) is 6.12. The second-order valence-electron chi connectivity index (χ2n) is 4.29. The first kappa shape index (κ1) is 14.5. The number of hydrogen-bond acceptors (Lipinski definition) is 3. The van der Waals surface area contributed by atoms with Gasteiger partial charge in [0, 0.05) is 12.7 Å². The third-order valence-corrected chi connectivity index (χ3v) is 3.06. The summed E-state index contributed by atoms with van der Waals surface area (Å²) in [6.45, 7) is 2.51. The zero-order valence-corrected chi connectivity index (χ0v) is 10.9. The number of nitrogens with two attached hydrogens (primary N) is 1. The fourth-order valence-corrected chi connectivity index (χ4v) is 2.10. The largest absolute Gasteiger partial charge is 0.416 e. The van der Waals surface area contributed by atoms with Gasteiger partial charge in [-0.2, -0.15) is 18.3 Å². The Bertz CT molecular complexity index is 577. The minimum atomic E-state index is -4.37.